The van der Waals surface area contributed by atoms with Crippen LogP contribution in [0.15, 0.2) is 41.6 Å². The molecule has 2 atom stereocenters. The van der Waals surface area contributed by atoms with Crippen LogP contribution in [0.25, 0.3) is 0 Å². The van der Waals surface area contributed by atoms with Crippen LogP contribution in [-0.4, -0.2) is 48.0 Å². The van der Waals surface area contributed by atoms with Crippen LogP contribution in [0.3, 0.4) is 0 Å². The van der Waals surface area contributed by atoms with Crippen molar-refractivity contribution >= 4 is 40.7 Å². The highest BCUT2D eigenvalue weighted by Crippen LogP contribution is 2.49. The second-order valence-electron chi connectivity index (χ2n) is 8.55. The van der Waals surface area contributed by atoms with Gasteiger partial charge in [0.2, 0.25) is 5.91 Å². The van der Waals surface area contributed by atoms with Gasteiger partial charge >= 0.3 is 6.18 Å². The Morgan fingerprint density at radius 3 is 2.50 bits per heavy atom. The van der Waals surface area contributed by atoms with Gasteiger partial charge in [0.25, 0.3) is 11.5 Å². The molecule has 0 radical (unpaired) electrons. The molecular formula is C24H22Cl2F3N3O4. The van der Waals surface area contributed by atoms with Crippen LogP contribution < -0.4 is 5.32 Å². The van der Waals surface area contributed by atoms with E-state index in [1.165, 1.54) is 23.3 Å². The van der Waals surface area contributed by atoms with Crippen molar-refractivity contribution in [3.8, 4) is 0 Å². The Balaban J connectivity index is 1.49. The molecule has 0 aliphatic carbocycles. The predicted molar refractivity (Wildman–Crippen MR) is 127 cm³/mol. The lowest BCUT2D eigenvalue weighted by Gasteiger charge is -2.29. The molecule has 0 saturated carbocycles. The monoisotopic (exact) mass is 543 g/mol. The fourth-order valence-corrected chi connectivity index (χ4v) is 4.70. The molecule has 192 valence electrons. The molecule has 36 heavy (non-hydrogen) atoms. The number of aryl methyl sites for hydroxylation is 1. The summed E-state index contributed by atoms with van der Waals surface area (Å²) >= 11 is 11.9. The van der Waals surface area contributed by atoms with Crippen molar-refractivity contribution in [3.63, 3.8) is 0 Å². The van der Waals surface area contributed by atoms with Gasteiger partial charge in [-0.1, -0.05) is 34.4 Å². The van der Waals surface area contributed by atoms with E-state index in [4.69, 9.17) is 32.9 Å². The lowest BCUT2D eigenvalue weighted by molar-refractivity contribution is -0.275. The number of alkyl halides is 3. The number of oxime groups is 1. The number of benzene rings is 2. The van der Waals surface area contributed by atoms with Crippen LogP contribution in [-0.2, 0) is 20.1 Å². The lowest BCUT2D eigenvalue weighted by atomic mass is 9.86. The van der Waals surface area contributed by atoms with Gasteiger partial charge in [0.15, 0.2) is 0 Å². The van der Waals surface area contributed by atoms with E-state index in [-0.39, 0.29) is 40.2 Å². The van der Waals surface area contributed by atoms with Gasteiger partial charge in [0.1, 0.15) is 6.10 Å². The molecule has 1 saturated heterocycles. The van der Waals surface area contributed by atoms with Crippen LogP contribution >= 0.6 is 23.2 Å². The summed E-state index contributed by atoms with van der Waals surface area (Å²) < 4.78 is 42.6. The van der Waals surface area contributed by atoms with E-state index in [0.717, 1.165) is 12.1 Å². The van der Waals surface area contributed by atoms with E-state index in [1.807, 2.05) is 0 Å². The van der Waals surface area contributed by atoms with Crippen molar-refractivity contribution in [2.45, 2.75) is 44.6 Å². The number of carbonyl (C=O) groups excluding carboxylic acids is 2. The van der Waals surface area contributed by atoms with Crippen molar-refractivity contribution in [2.75, 3.05) is 13.1 Å². The van der Waals surface area contributed by atoms with E-state index in [2.05, 4.69) is 10.5 Å². The Labute approximate surface area is 215 Å². The maximum Gasteiger partial charge on any atom is 0.435 e. The summed E-state index contributed by atoms with van der Waals surface area (Å²) in [4.78, 5) is 34.9. The van der Waals surface area contributed by atoms with Gasteiger partial charge in [-0.15, -0.1) is 0 Å². The summed E-state index contributed by atoms with van der Waals surface area (Å²) in [5.74, 6) is -0.542. The van der Waals surface area contributed by atoms with E-state index in [0.29, 0.717) is 23.2 Å². The second kappa shape index (κ2) is 9.91. The fourth-order valence-electron chi connectivity index (χ4n) is 4.18. The average Bonchev–Trinajstić information content (AvgIpc) is 3.41. The zero-order valence-electron chi connectivity index (χ0n) is 19.3. The minimum Gasteiger partial charge on any atom is -0.374 e. The summed E-state index contributed by atoms with van der Waals surface area (Å²) in [6.45, 7) is 4.00. The molecule has 2 aromatic carbocycles. The fraction of sp³-hybridized carbons (Fsp3) is 0.375. The number of hydroxylamine groups is 2. The lowest BCUT2D eigenvalue weighted by Crippen LogP contribution is -2.42. The van der Waals surface area contributed by atoms with Crippen LogP contribution in [0.5, 0.6) is 0 Å². The summed E-state index contributed by atoms with van der Waals surface area (Å²) in [6.07, 6.45) is -5.69. The van der Waals surface area contributed by atoms with Gasteiger partial charge in [-0.25, -0.2) is 5.06 Å². The van der Waals surface area contributed by atoms with Gasteiger partial charge in [0.05, 0.1) is 12.1 Å². The number of hydrogen-bond acceptors (Lipinski definition) is 5. The maximum atomic E-state index is 14.2. The summed E-state index contributed by atoms with van der Waals surface area (Å²) in [5.41, 5.74) is -1.69. The van der Waals surface area contributed by atoms with Gasteiger partial charge in [0, 0.05) is 40.7 Å². The van der Waals surface area contributed by atoms with Crippen LogP contribution in [0, 0.1) is 6.92 Å². The molecule has 0 bridgehead atoms. The first-order valence-electron chi connectivity index (χ1n) is 11.1. The van der Waals surface area contributed by atoms with Crippen LogP contribution in [0.2, 0.25) is 10.0 Å². The van der Waals surface area contributed by atoms with Crippen molar-refractivity contribution < 1.29 is 32.4 Å². The Kier molecular flexibility index (Phi) is 7.23. The number of amides is 2. The molecule has 0 spiro atoms. The van der Waals surface area contributed by atoms with Crippen LogP contribution in [0.1, 0.15) is 46.8 Å². The zero-order valence-corrected chi connectivity index (χ0v) is 20.8. The van der Waals surface area contributed by atoms with Gasteiger partial charge in [-0.05, 0) is 55.3 Å². The van der Waals surface area contributed by atoms with E-state index < -0.39 is 30.2 Å². The average molecular weight is 544 g/mol. The highest BCUT2D eigenvalue weighted by Gasteiger charge is 2.62. The molecule has 2 aromatic rings. The topological polar surface area (TPSA) is 80.2 Å². The van der Waals surface area contributed by atoms with Gasteiger partial charge in [-0.3, -0.25) is 14.4 Å². The molecule has 4 rings (SSSR count). The van der Waals surface area contributed by atoms with Crippen molar-refractivity contribution in [3.05, 3.63) is 68.7 Å². The van der Waals surface area contributed by atoms with Crippen LogP contribution in [0.4, 0.5) is 13.2 Å². The number of nitrogens with zero attached hydrogens (tertiary/aromatic N) is 2. The molecule has 7 nitrogen and oxygen atoms in total. The molecule has 2 aliphatic heterocycles. The molecular weight excluding hydrogens is 522 g/mol. The highest BCUT2D eigenvalue weighted by molar-refractivity contribution is 6.34. The molecule has 2 heterocycles. The first-order chi connectivity index (χ1) is 16.9. The Morgan fingerprint density at radius 2 is 1.92 bits per heavy atom. The number of hydrogen-bond donors (Lipinski definition) is 1. The first kappa shape index (κ1) is 26.2. The molecule has 2 aliphatic rings. The third kappa shape index (κ3) is 5.02. The summed E-state index contributed by atoms with van der Waals surface area (Å²) in [6, 6.07) is 8.22. The van der Waals surface area contributed by atoms with E-state index in [1.54, 1.807) is 19.9 Å². The first-order valence-corrected chi connectivity index (χ1v) is 11.8. The van der Waals surface area contributed by atoms with Gasteiger partial charge in [-0.2, -0.15) is 13.2 Å². The SMILES string of the molecule is CCN1OC(CNC(=O)c2ccc(C3=NOC(c4cc(Cl)cc(Cl)c4)(C(F)(F)F)C3)cc2C)CC1=O. The largest absolute Gasteiger partial charge is 0.435 e. The minimum absolute atomic E-state index is 0.0409. The third-order valence-electron chi connectivity index (χ3n) is 6.05. The summed E-state index contributed by atoms with van der Waals surface area (Å²) in [7, 11) is 0. The van der Waals surface area contributed by atoms with Gasteiger partial charge < -0.3 is 10.2 Å². The number of halogens is 5. The third-order valence-corrected chi connectivity index (χ3v) is 6.49. The summed E-state index contributed by atoms with van der Waals surface area (Å²) in [5, 5.41) is 7.81. The predicted octanol–water partition coefficient (Wildman–Crippen LogP) is 5.17. The molecule has 0 aromatic heterocycles. The van der Waals surface area contributed by atoms with Crippen molar-refractivity contribution in [1.82, 2.24) is 10.4 Å². The number of rotatable bonds is 6. The molecule has 2 amide bonds. The zero-order chi connectivity index (χ0) is 26.3. The van der Waals surface area contributed by atoms with Crippen molar-refractivity contribution in [1.29, 1.82) is 0 Å². The van der Waals surface area contributed by atoms with E-state index >= 15 is 0 Å². The van der Waals surface area contributed by atoms with E-state index in [9.17, 15) is 22.8 Å². The Morgan fingerprint density at radius 1 is 1.22 bits per heavy atom. The second-order valence-corrected chi connectivity index (χ2v) is 9.42. The molecule has 12 heteroatoms. The quantitative estimate of drug-likeness (QED) is 0.545. The normalized spacial score (nSPS) is 22.0. The minimum atomic E-state index is -4.81. The smallest absolute Gasteiger partial charge is 0.374 e. The standard InChI is InChI=1S/C24H22Cl2F3N3O4/c1-3-32-21(33)10-18(35-32)12-30-22(34)19-5-4-14(6-13(19)2)20-11-23(36-31-20,24(27,28)29)15-7-16(25)9-17(26)8-15/h4-9,18H,3,10-12H2,1-2H3,(H,30,34). The number of carbonyl (C=O) groups is 2. The molecule has 1 fully saturated rings. The molecule has 1 N–H and O–H groups in total. The Bertz CT molecular complexity index is 1220. The molecule has 2 unspecified atom stereocenters. The maximum absolute atomic E-state index is 14.2. The highest BCUT2D eigenvalue weighted by atomic mass is 35.5. The number of nitrogens with one attached hydrogen (secondary N) is 1. The van der Waals surface area contributed by atoms with Crippen molar-refractivity contribution in [2.24, 2.45) is 5.16 Å². The Hall–Kier alpha value is -2.82.